The molecule has 13 aromatic rings. The Morgan fingerprint density at radius 1 is 0.262 bits per heavy atom. The van der Waals surface area contributed by atoms with E-state index in [-0.39, 0.29) is 0 Å². The molecule has 0 aliphatic rings. The zero-order valence-corrected chi connectivity index (χ0v) is 35.1. The third-order valence-corrected chi connectivity index (χ3v) is 12.9. The molecule has 2 aromatic heterocycles. The largest absolute Gasteiger partial charge is 0.455 e. The number of benzene rings is 11. The second kappa shape index (κ2) is 15.0. The van der Waals surface area contributed by atoms with Gasteiger partial charge in [-0.25, -0.2) is 15.0 Å². The lowest BCUT2D eigenvalue weighted by molar-refractivity contribution is 0.670. The molecule has 2 heterocycles. The van der Waals surface area contributed by atoms with Crippen LogP contribution in [0.2, 0.25) is 0 Å². The van der Waals surface area contributed by atoms with Crippen molar-refractivity contribution >= 4 is 65.0 Å². The molecule has 0 aliphatic carbocycles. The fraction of sp³-hybridized carbons (Fsp3) is 0. The van der Waals surface area contributed by atoms with E-state index in [1.807, 2.05) is 18.2 Å². The highest BCUT2D eigenvalue weighted by atomic mass is 16.3. The van der Waals surface area contributed by atoms with E-state index in [1.54, 1.807) is 0 Å². The van der Waals surface area contributed by atoms with E-state index in [4.69, 9.17) is 19.4 Å². The van der Waals surface area contributed by atoms with Gasteiger partial charge in [0.15, 0.2) is 17.5 Å². The van der Waals surface area contributed by atoms with Gasteiger partial charge in [-0.1, -0.05) is 200 Å². The van der Waals surface area contributed by atoms with Crippen LogP contribution >= 0.6 is 0 Å². The predicted octanol–water partition coefficient (Wildman–Crippen LogP) is 16.4. The van der Waals surface area contributed by atoms with Crippen molar-refractivity contribution in [1.82, 2.24) is 15.0 Å². The fourth-order valence-corrected chi connectivity index (χ4v) is 9.83. The van der Waals surface area contributed by atoms with Gasteiger partial charge in [0.25, 0.3) is 0 Å². The minimum Gasteiger partial charge on any atom is -0.455 e. The Hall–Kier alpha value is -8.73. The van der Waals surface area contributed by atoms with Crippen molar-refractivity contribution in [1.29, 1.82) is 0 Å². The number of rotatable bonds is 6. The van der Waals surface area contributed by atoms with Crippen LogP contribution < -0.4 is 0 Å². The summed E-state index contributed by atoms with van der Waals surface area (Å²) in [6, 6.07) is 79.3. The molecule has 65 heavy (non-hydrogen) atoms. The van der Waals surface area contributed by atoms with Crippen molar-refractivity contribution in [3.05, 3.63) is 224 Å². The number of para-hydroxylation sites is 1. The number of furan rings is 1. The Morgan fingerprint density at radius 3 is 1.49 bits per heavy atom. The maximum Gasteiger partial charge on any atom is 0.164 e. The van der Waals surface area contributed by atoms with Gasteiger partial charge in [-0.2, -0.15) is 0 Å². The van der Waals surface area contributed by atoms with Crippen molar-refractivity contribution in [3.8, 4) is 67.5 Å². The van der Waals surface area contributed by atoms with Gasteiger partial charge >= 0.3 is 0 Å². The first-order valence-corrected chi connectivity index (χ1v) is 22.0. The molecule has 0 saturated carbocycles. The van der Waals surface area contributed by atoms with E-state index in [2.05, 4.69) is 206 Å². The van der Waals surface area contributed by atoms with E-state index in [0.717, 1.165) is 66.3 Å². The third kappa shape index (κ3) is 6.18. The minimum atomic E-state index is 0.580. The molecular formula is C61H37N3O. The molecule has 0 amide bonds. The molecule has 0 bridgehead atoms. The topological polar surface area (TPSA) is 51.8 Å². The van der Waals surface area contributed by atoms with Crippen LogP contribution in [0.15, 0.2) is 229 Å². The molecule has 0 aliphatic heterocycles. The molecule has 0 saturated heterocycles. The third-order valence-electron chi connectivity index (χ3n) is 12.9. The van der Waals surface area contributed by atoms with E-state index in [9.17, 15) is 0 Å². The quantitative estimate of drug-likeness (QED) is 0.157. The van der Waals surface area contributed by atoms with Gasteiger partial charge in [-0.05, 0) is 95.2 Å². The Balaban J connectivity index is 1.02. The molecule has 0 atom stereocenters. The van der Waals surface area contributed by atoms with Gasteiger partial charge in [0, 0.05) is 33.0 Å². The van der Waals surface area contributed by atoms with Crippen molar-refractivity contribution in [2.75, 3.05) is 0 Å². The van der Waals surface area contributed by atoms with Crippen LogP contribution in [-0.4, -0.2) is 15.0 Å². The highest BCUT2D eigenvalue weighted by Crippen LogP contribution is 2.43. The van der Waals surface area contributed by atoms with Crippen LogP contribution in [0.3, 0.4) is 0 Å². The normalized spacial score (nSPS) is 11.7. The summed E-state index contributed by atoms with van der Waals surface area (Å²) in [5.41, 5.74) is 11.1. The van der Waals surface area contributed by atoms with E-state index >= 15 is 0 Å². The van der Waals surface area contributed by atoms with Crippen LogP contribution in [0.4, 0.5) is 0 Å². The average Bonchev–Trinajstić information content (AvgIpc) is 3.78. The summed E-state index contributed by atoms with van der Waals surface area (Å²) in [6.45, 7) is 0. The molecule has 11 aromatic carbocycles. The smallest absolute Gasteiger partial charge is 0.164 e. The van der Waals surface area contributed by atoms with Crippen molar-refractivity contribution < 1.29 is 4.42 Å². The lowest BCUT2D eigenvalue weighted by atomic mass is 9.92. The summed E-state index contributed by atoms with van der Waals surface area (Å²) in [7, 11) is 0. The first-order valence-electron chi connectivity index (χ1n) is 22.0. The van der Waals surface area contributed by atoms with Crippen LogP contribution in [0.1, 0.15) is 0 Å². The number of aromatic nitrogens is 3. The molecule has 0 fully saturated rings. The van der Waals surface area contributed by atoms with Crippen LogP contribution in [0.25, 0.3) is 133 Å². The molecule has 4 heteroatoms. The second-order valence-corrected chi connectivity index (χ2v) is 16.7. The average molecular weight is 828 g/mol. The molecule has 0 radical (unpaired) electrons. The summed E-state index contributed by atoms with van der Waals surface area (Å²) in [5.74, 6) is 1.78. The molecule has 0 unspecified atom stereocenters. The summed E-state index contributed by atoms with van der Waals surface area (Å²) in [6.07, 6.45) is 0. The summed E-state index contributed by atoms with van der Waals surface area (Å²) < 4.78 is 6.90. The summed E-state index contributed by atoms with van der Waals surface area (Å²) in [5, 5.41) is 11.6. The lowest BCUT2D eigenvalue weighted by Crippen LogP contribution is -2.00. The van der Waals surface area contributed by atoms with Crippen molar-refractivity contribution in [2.45, 2.75) is 0 Å². The van der Waals surface area contributed by atoms with Gasteiger partial charge in [0.1, 0.15) is 11.2 Å². The zero-order chi connectivity index (χ0) is 42.8. The standard InChI is InChI=1S/C61H37N3O/c1-3-15-38(16-4-1)39-29-31-41(32-30-39)59-62-60(43-33-34-51-49-23-10-9-21-47(49)48-22-11-12-24-50(48)55(51)36-43)64-61(63-59)53-27-14-28-56-57(53)52-26-13-25-46(58(52)65-56)44-35-42-19-7-8-20-45(42)54(37-44)40-17-5-2-6-18-40/h1-37H. The number of nitrogens with zero attached hydrogens (tertiary/aromatic N) is 3. The molecule has 13 rings (SSSR count). The Morgan fingerprint density at radius 2 is 0.769 bits per heavy atom. The maximum absolute atomic E-state index is 6.90. The molecular weight excluding hydrogens is 791 g/mol. The second-order valence-electron chi connectivity index (χ2n) is 16.7. The van der Waals surface area contributed by atoms with Gasteiger partial charge < -0.3 is 4.42 Å². The van der Waals surface area contributed by atoms with Gasteiger partial charge in [-0.3, -0.25) is 0 Å². The first-order chi connectivity index (χ1) is 32.2. The Kier molecular flexibility index (Phi) is 8.50. The highest BCUT2D eigenvalue weighted by Gasteiger charge is 2.21. The fourth-order valence-electron chi connectivity index (χ4n) is 9.83. The number of fused-ring (bicyclic) bond motifs is 10. The predicted molar refractivity (Wildman–Crippen MR) is 270 cm³/mol. The zero-order valence-electron chi connectivity index (χ0n) is 35.1. The Labute approximate surface area is 374 Å². The minimum absolute atomic E-state index is 0.580. The SMILES string of the molecule is c1ccc(-c2ccc(-c3nc(-c4ccc5c6ccccc6c6ccccc6c5c4)nc(-c4cccc5oc6c(-c7cc(-c8ccccc8)c8ccccc8c7)cccc6c45)n3)cc2)cc1. The monoisotopic (exact) mass is 827 g/mol. The first kappa shape index (κ1) is 36.9. The number of hydrogen-bond acceptors (Lipinski definition) is 4. The van der Waals surface area contributed by atoms with Crippen LogP contribution in [-0.2, 0) is 0 Å². The maximum atomic E-state index is 6.90. The van der Waals surface area contributed by atoms with E-state index in [1.165, 1.54) is 48.8 Å². The van der Waals surface area contributed by atoms with Crippen LogP contribution in [0.5, 0.6) is 0 Å². The van der Waals surface area contributed by atoms with Gasteiger partial charge in [-0.15, -0.1) is 0 Å². The van der Waals surface area contributed by atoms with Crippen molar-refractivity contribution in [2.24, 2.45) is 0 Å². The molecule has 302 valence electrons. The van der Waals surface area contributed by atoms with Gasteiger partial charge in [0.05, 0.1) is 0 Å². The van der Waals surface area contributed by atoms with Gasteiger partial charge in [0.2, 0.25) is 0 Å². The Bertz CT molecular complexity index is 3950. The molecule has 0 N–H and O–H groups in total. The van der Waals surface area contributed by atoms with Crippen molar-refractivity contribution in [3.63, 3.8) is 0 Å². The molecule has 0 spiro atoms. The van der Waals surface area contributed by atoms with E-state index in [0.29, 0.717) is 17.5 Å². The lowest BCUT2D eigenvalue weighted by Gasteiger charge is -2.13. The summed E-state index contributed by atoms with van der Waals surface area (Å²) >= 11 is 0. The van der Waals surface area contributed by atoms with Crippen LogP contribution in [0, 0.1) is 0 Å². The highest BCUT2D eigenvalue weighted by molar-refractivity contribution is 6.25. The van der Waals surface area contributed by atoms with E-state index < -0.39 is 0 Å². The number of hydrogen-bond donors (Lipinski definition) is 0. The summed E-state index contributed by atoms with van der Waals surface area (Å²) in [4.78, 5) is 15.9. The molecule has 4 nitrogen and oxygen atoms in total.